The van der Waals surface area contributed by atoms with E-state index in [-0.39, 0.29) is 12.6 Å². The number of aromatic nitrogens is 1. The van der Waals surface area contributed by atoms with Crippen molar-refractivity contribution in [2.45, 2.75) is 38.9 Å². The zero-order valence-corrected chi connectivity index (χ0v) is 14.6. The topological polar surface area (TPSA) is 72.2 Å². The van der Waals surface area contributed by atoms with E-state index in [0.717, 1.165) is 31.6 Å². The molecule has 2 heterocycles. The van der Waals surface area contributed by atoms with Gasteiger partial charge in [-0.3, -0.25) is 4.90 Å². The fourth-order valence-electron chi connectivity index (χ4n) is 3.37. The number of nitriles is 1. The van der Waals surface area contributed by atoms with Crippen molar-refractivity contribution >= 4 is 5.82 Å². The van der Waals surface area contributed by atoms with Gasteiger partial charge in [-0.2, -0.15) is 5.26 Å². The molecule has 2 N–H and O–H groups in total. The number of pyridine rings is 1. The summed E-state index contributed by atoms with van der Waals surface area (Å²) in [6.45, 7) is 4.64. The minimum absolute atomic E-state index is 0.221. The van der Waals surface area contributed by atoms with Crippen molar-refractivity contribution in [3.8, 4) is 6.07 Å². The highest BCUT2D eigenvalue weighted by Gasteiger charge is 2.24. The summed E-state index contributed by atoms with van der Waals surface area (Å²) in [5.41, 5.74) is 3.89. The van der Waals surface area contributed by atoms with Gasteiger partial charge in [-0.25, -0.2) is 4.98 Å². The third-order valence-corrected chi connectivity index (χ3v) is 4.80. The van der Waals surface area contributed by atoms with E-state index in [1.165, 1.54) is 11.1 Å². The van der Waals surface area contributed by atoms with Crippen molar-refractivity contribution in [1.82, 2.24) is 9.88 Å². The van der Waals surface area contributed by atoms with E-state index in [1.54, 1.807) is 6.07 Å². The molecular weight excluding hydrogens is 312 g/mol. The van der Waals surface area contributed by atoms with Gasteiger partial charge in [0.25, 0.3) is 0 Å². The highest BCUT2D eigenvalue weighted by molar-refractivity contribution is 5.52. The lowest BCUT2D eigenvalue weighted by Gasteiger charge is -2.24. The van der Waals surface area contributed by atoms with Crippen molar-refractivity contribution < 1.29 is 5.11 Å². The van der Waals surface area contributed by atoms with E-state index >= 15 is 0 Å². The average molecular weight is 336 g/mol. The number of rotatable bonds is 6. The first-order valence-corrected chi connectivity index (χ1v) is 8.74. The van der Waals surface area contributed by atoms with Crippen molar-refractivity contribution in [1.29, 1.82) is 5.26 Å². The molecule has 1 aliphatic heterocycles. The quantitative estimate of drug-likeness (QED) is 0.849. The van der Waals surface area contributed by atoms with Gasteiger partial charge in [0.15, 0.2) is 0 Å². The lowest BCUT2D eigenvalue weighted by Crippen LogP contribution is -2.32. The molecule has 130 valence electrons. The SMILES string of the molecule is Cc1ccc(C#N)c(NCc2ccccc2CN2CCCC2CO)n1. The monoisotopic (exact) mass is 336 g/mol. The van der Waals surface area contributed by atoms with E-state index in [4.69, 9.17) is 0 Å². The molecule has 1 unspecified atom stereocenters. The van der Waals surface area contributed by atoms with Gasteiger partial charge in [0.05, 0.1) is 12.2 Å². The number of aliphatic hydroxyl groups excluding tert-OH is 1. The van der Waals surface area contributed by atoms with Gasteiger partial charge in [0.1, 0.15) is 11.9 Å². The van der Waals surface area contributed by atoms with E-state index in [1.807, 2.05) is 19.1 Å². The van der Waals surface area contributed by atoms with Crippen LogP contribution < -0.4 is 5.32 Å². The molecule has 5 heteroatoms. The smallest absolute Gasteiger partial charge is 0.144 e. The highest BCUT2D eigenvalue weighted by Crippen LogP contribution is 2.22. The summed E-state index contributed by atoms with van der Waals surface area (Å²) in [6, 6.07) is 14.4. The molecule has 0 amide bonds. The van der Waals surface area contributed by atoms with Crippen LogP contribution in [0.3, 0.4) is 0 Å². The Bertz CT molecular complexity index is 769. The van der Waals surface area contributed by atoms with E-state index in [2.05, 4.69) is 39.5 Å². The van der Waals surface area contributed by atoms with Crippen LogP contribution in [0.15, 0.2) is 36.4 Å². The largest absolute Gasteiger partial charge is 0.395 e. The van der Waals surface area contributed by atoms with Crippen LogP contribution >= 0.6 is 0 Å². The van der Waals surface area contributed by atoms with Crippen molar-refractivity contribution in [3.05, 3.63) is 58.8 Å². The molecule has 0 radical (unpaired) electrons. The Balaban J connectivity index is 1.73. The fourth-order valence-corrected chi connectivity index (χ4v) is 3.37. The average Bonchev–Trinajstić information content (AvgIpc) is 3.08. The molecule has 2 aromatic rings. The second-order valence-electron chi connectivity index (χ2n) is 6.53. The minimum atomic E-state index is 0.221. The van der Waals surface area contributed by atoms with E-state index < -0.39 is 0 Å². The first kappa shape index (κ1) is 17.4. The predicted molar refractivity (Wildman–Crippen MR) is 98.0 cm³/mol. The summed E-state index contributed by atoms with van der Waals surface area (Å²) >= 11 is 0. The number of anilines is 1. The number of benzene rings is 1. The van der Waals surface area contributed by atoms with Crippen LogP contribution in [0.4, 0.5) is 5.82 Å². The molecule has 0 saturated carbocycles. The standard InChI is InChI=1S/C20H24N4O/c1-15-8-9-16(11-21)20(23-15)22-12-17-5-2-3-6-18(17)13-24-10-4-7-19(24)14-25/h2-3,5-6,8-9,19,25H,4,7,10,12-14H2,1H3,(H,22,23). The van der Waals surface area contributed by atoms with Gasteiger partial charge >= 0.3 is 0 Å². The summed E-state index contributed by atoms with van der Waals surface area (Å²) in [5.74, 6) is 0.631. The lowest BCUT2D eigenvalue weighted by molar-refractivity contribution is 0.153. The zero-order chi connectivity index (χ0) is 17.6. The summed E-state index contributed by atoms with van der Waals surface area (Å²) in [7, 11) is 0. The van der Waals surface area contributed by atoms with Crippen LogP contribution in [-0.2, 0) is 13.1 Å². The fraction of sp³-hybridized carbons (Fsp3) is 0.400. The zero-order valence-electron chi connectivity index (χ0n) is 14.6. The Labute approximate surface area is 148 Å². The number of hydrogen-bond donors (Lipinski definition) is 2. The first-order valence-electron chi connectivity index (χ1n) is 8.74. The maximum Gasteiger partial charge on any atom is 0.144 e. The number of aliphatic hydroxyl groups is 1. The molecular formula is C20H24N4O. The number of aryl methyl sites for hydroxylation is 1. The second kappa shape index (κ2) is 8.11. The molecule has 0 aliphatic carbocycles. The lowest BCUT2D eigenvalue weighted by atomic mass is 10.1. The summed E-state index contributed by atoms with van der Waals surface area (Å²) in [4.78, 5) is 6.79. The van der Waals surface area contributed by atoms with Gasteiger partial charge in [-0.05, 0) is 49.6 Å². The van der Waals surface area contributed by atoms with Crippen LogP contribution in [0.2, 0.25) is 0 Å². The number of nitrogens with zero attached hydrogens (tertiary/aromatic N) is 3. The molecule has 1 saturated heterocycles. The van der Waals surface area contributed by atoms with Crippen LogP contribution in [0, 0.1) is 18.3 Å². The Kier molecular flexibility index (Phi) is 5.64. The van der Waals surface area contributed by atoms with Gasteiger partial charge in [0.2, 0.25) is 0 Å². The van der Waals surface area contributed by atoms with Crippen molar-refractivity contribution in [2.24, 2.45) is 0 Å². The second-order valence-corrected chi connectivity index (χ2v) is 6.53. The Hall–Kier alpha value is -2.42. The van der Waals surface area contributed by atoms with E-state index in [0.29, 0.717) is 17.9 Å². The molecule has 1 fully saturated rings. The molecule has 0 spiro atoms. The van der Waals surface area contributed by atoms with Crippen molar-refractivity contribution in [3.63, 3.8) is 0 Å². The van der Waals surface area contributed by atoms with Crippen LogP contribution in [0.1, 0.15) is 35.2 Å². The maximum atomic E-state index is 9.53. The predicted octanol–water partition coefficient (Wildman–Crippen LogP) is 2.83. The number of hydrogen-bond acceptors (Lipinski definition) is 5. The van der Waals surface area contributed by atoms with Crippen molar-refractivity contribution in [2.75, 3.05) is 18.5 Å². The first-order chi connectivity index (χ1) is 12.2. The molecule has 3 rings (SSSR count). The molecule has 5 nitrogen and oxygen atoms in total. The molecule has 25 heavy (non-hydrogen) atoms. The third kappa shape index (κ3) is 4.16. The Morgan fingerprint density at radius 2 is 2.08 bits per heavy atom. The number of likely N-dealkylation sites (tertiary alicyclic amines) is 1. The molecule has 1 atom stereocenters. The molecule has 0 bridgehead atoms. The number of nitrogens with one attached hydrogen (secondary N) is 1. The highest BCUT2D eigenvalue weighted by atomic mass is 16.3. The normalized spacial score (nSPS) is 17.4. The Morgan fingerprint density at radius 1 is 1.28 bits per heavy atom. The molecule has 1 aliphatic rings. The summed E-state index contributed by atoms with van der Waals surface area (Å²) in [6.07, 6.45) is 2.21. The molecule has 1 aromatic heterocycles. The maximum absolute atomic E-state index is 9.53. The van der Waals surface area contributed by atoms with Gasteiger partial charge in [-0.1, -0.05) is 24.3 Å². The van der Waals surface area contributed by atoms with Gasteiger partial charge < -0.3 is 10.4 Å². The van der Waals surface area contributed by atoms with Gasteiger partial charge in [0, 0.05) is 24.8 Å². The summed E-state index contributed by atoms with van der Waals surface area (Å²) in [5, 5.41) is 22.1. The van der Waals surface area contributed by atoms with Gasteiger partial charge in [-0.15, -0.1) is 0 Å². The van der Waals surface area contributed by atoms with E-state index in [9.17, 15) is 10.4 Å². The summed E-state index contributed by atoms with van der Waals surface area (Å²) < 4.78 is 0. The van der Waals surface area contributed by atoms with Crippen LogP contribution in [0.25, 0.3) is 0 Å². The molecule has 1 aromatic carbocycles. The Morgan fingerprint density at radius 3 is 2.84 bits per heavy atom. The third-order valence-electron chi connectivity index (χ3n) is 4.80. The van der Waals surface area contributed by atoms with Crippen LogP contribution in [-0.4, -0.2) is 34.2 Å². The van der Waals surface area contributed by atoms with Crippen LogP contribution in [0.5, 0.6) is 0 Å². The minimum Gasteiger partial charge on any atom is -0.395 e.